The largest absolute Gasteiger partial charge is 0.481 e. The smallest absolute Gasteiger partial charge is 0.309 e. The Bertz CT molecular complexity index is 1940. The Morgan fingerprint density at radius 3 is 1.89 bits per heavy atom. The van der Waals surface area contributed by atoms with E-state index in [0.29, 0.717) is 31.6 Å². The molecule has 1 spiro atoms. The molecule has 1 saturated heterocycles. The highest BCUT2D eigenvalue weighted by Gasteiger charge is 2.48. The summed E-state index contributed by atoms with van der Waals surface area (Å²) >= 11 is 0. The molecule has 0 bridgehead atoms. The van der Waals surface area contributed by atoms with Crippen molar-refractivity contribution >= 4 is 51.0 Å². The number of para-hydroxylation sites is 1. The van der Waals surface area contributed by atoms with Gasteiger partial charge in [-0.2, -0.15) is 0 Å². The van der Waals surface area contributed by atoms with Crippen molar-refractivity contribution in [2.24, 2.45) is 5.41 Å². The lowest BCUT2D eigenvalue weighted by atomic mass is 9.74. The van der Waals surface area contributed by atoms with Gasteiger partial charge in [0.25, 0.3) is 5.91 Å². The summed E-state index contributed by atoms with van der Waals surface area (Å²) in [6, 6.07) is 15.3. The zero-order valence-electron chi connectivity index (χ0n) is 38.2. The van der Waals surface area contributed by atoms with Crippen molar-refractivity contribution in [3.05, 3.63) is 65.7 Å². The lowest BCUT2D eigenvalue weighted by Gasteiger charge is -2.41. The predicted molar refractivity (Wildman–Crippen MR) is 243 cm³/mol. The number of Topliss-reactive ketones (excluding diaryl/α,β-unsaturated/α-hetero) is 2. The summed E-state index contributed by atoms with van der Waals surface area (Å²) in [7, 11) is -3.50. The summed E-state index contributed by atoms with van der Waals surface area (Å²) in [5.41, 5.74) is -0.179. The second-order valence-electron chi connectivity index (χ2n) is 18.3. The Hall–Kier alpha value is -4.59. The molecule has 2 aliphatic heterocycles. The van der Waals surface area contributed by atoms with Gasteiger partial charge >= 0.3 is 5.97 Å². The van der Waals surface area contributed by atoms with Crippen LogP contribution < -0.4 is 14.9 Å². The quantitative estimate of drug-likeness (QED) is 0.0761. The number of likely N-dealkylation sites (tertiary alicyclic amines) is 1. The number of anilines is 1. The van der Waals surface area contributed by atoms with Crippen LogP contribution in [-0.4, -0.2) is 91.2 Å². The summed E-state index contributed by atoms with van der Waals surface area (Å²) in [4.78, 5) is 76.9. The van der Waals surface area contributed by atoms with Gasteiger partial charge < -0.3 is 20.6 Å². The Balaban J connectivity index is 0.000000480. The minimum atomic E-state index is -3.50. The lowest BCUT2D eigenvalue weighted by Crippen LogP contribution is -2.61. The average molecular weight is 881 g/mol. The van der Waals surface area contributed by atoms with Gasteiger partial charge in [0.05, 0.1) is 17.4 Å². The molecule has 2 aliphatic rings. The number of amides is 3. The molecule has 344 valence electrons. The standard InChI is InChI=1S/C32H40N4O7S.C16H32O2/c1-5-27(38)28(39)34-31(2,3)30(41)33-25(20-23(37)19-22-11-7-6-8-12-22)29(40)35-17-15-32(16-18-35)21-36(44(4,42)43)26-14-10-9-13-24(26)32;1-4-5-6-7-8-9-10-11-12-13-14-16(2,3)15(17)18/h6-14,25H,5,15-21H2,1-4H3,(H,33,41)(H,34,39);4-14H2,1-3H3,(H,17,18)/t25-;/m1./s1. The number of carbonyl (C=O) groups is 6. The van der Waals surface area contributed by atoms with E-state index in [1.54, 1.807) is 29.2 Å². The van der Waals surface area contributed by atoms with E-state index in [2.05, 4.69) is 17.6 Å². The molecule has 1 atom stereocenters. The van der Waals surface area contributed by atoms with Crippen LogP contribution in [0.25, 0.3) is 0 Å². The third-order valence-electron chi connectivity index (χ3n) is 12.2. The molecule has 62 heavy (non-hydrogen) atoms. The van der Waals surface area contributed by atoms with Crippen LogP contribution in [0.5, 0.6) is 0 Å². The second-order valence-corrected chi connectivity index (χ2v) is 20.2. The third kappa shape index (κ3) is 15.3. The molecule has 13 nitrogen and oxygen atoms in total. The SMILES string of the molecule is CCC(=O)C(=O)NC(C)(C)C(=O)N[C@H](CC(=O)Cc1ccccc1)C(=O)N1CCC2(CC1)CN(S(C)(=O)=O)c1ccccc12.CCCCCCCCCCCCC(C)(C)C(=O)O. The number of unbranched alkanes of at least 4 members (excludes halogenated alkanes) is 9. The molecule has 2 aromatic carbocycles. The van der Waals surface area contributed by atoms with Crippen molar-refractivity contribution in [2.75, 3.05) is 30.2 Å². The molecular formula is C48H72N4O9S. The van der Waals surface area contributed by atoms with Gasteiger partial charge in [0.2, 0.25) is 27.6 Å². The van der Waals surface area contributed by atoms with Crippen molar-refractivity contribution < 1.29 is 42.3 Å². The number of fused-ring (bicyclic) bond motifs is 2. The number of ketones is 2. The molecule has 0 aliphatic carbocycles. The van der Waals surface area contributed by atoms with E-state index < -0.39 is 61.9 Å². The number of carbonyl (C=O) groups excluding carboxylic acids is 5. The third-order valence-corrected chi connectivity index (χ3v) is 13.3. The number of hydrogen-bond donors (Lipinski definition) is 3. The van der Waals surface area contributed by atoms with Gasteiger partial charge in [0, 0.05) is 44.3 Å². The molecule has 4 rings (SSSR count). The van der Waals surface area contributed by atoms with Gasteiger partial charge in [-0.05, 0) is 64.2 Å². The maximum absolute atomic E-state index is 13.9. The van der Waals surface area contributed by atoms with Crippen LogP contribution >= 0.6 is 0 Å². The van der Waals surface area contributed by atoms with Crippen molar-refractivity contribution in [3.63, 3.8) is 0 Å². The summed E-state index contributed by atoms with van der Waals surface area (Å²) < 4.78 is 26.6. The summed E-state index contributed by atoms with van der Waals surface area (Å²) in [6.07, 6.45) is 15.8. The van der Waals surface area contributed by atoms with Gasteiger partial charge in [-0.25, -0.2) is 8.42 Å². The Morgan fingerprint density at radius 2 is 1.34 bits per heavy atom. The fourth-order valence-electron chi connectivity index (χ4n) is 8.08. The zero-order valence-corrected chi connectivity index (χ0v) is 39.0. The lowest BCUT2D eigenvalue weighted by molar-refractivity contribution is -0.147. The van der Waals surface area contributed by atoms with E-state index >= 15 is 0 Å². The van der Waals surface area contributed by atoms with Gasteiger partial charge in [0.1, 0.15) is 17.4 Å². The second kappa shape index (κ2) is 23.7. The van der Waals surface area contributed by atoms with E-state index in [1.807, 2.05) is 44.2 Å². The molecule has 0 saturated carbocycles. The number of nitrogens with one attached hydrogen (secondary N) is 2. The first-order valence-corrected chi connectivity index (χ1v) is 24.3. The topological polar surface area (TPSA) is 187 Å². The zero-order chi connectivity index (χ0) is 46.1. The Kier molecular flexibility index (Phi) is 19.8. The van der Waals surface area contributed by atoms with Crippen LogP contribution in [0.1, 0.15) is 149 Å². The van der Waals surface area contributed by atoms with E-state index in [1.165, 1.54) is 89.1 Å². The van der Waals surface area contributed by atoms with Crippen molar-refractivity contribution in [3.8, 4) is 0 Å². The van der Waals surface area contributed by atoms with E-state index in [9.17, 15) is 37.2 Å². The number of carboxylic acid groups (broad SMARTS) is 1. The molecule has 2 heterocycles. The van der Waals surface area contributed by atoms with Crippen LogP contribution in [0.4, 0.5) is 5.69 Å². The molecule has 3 N–H and O–H groups in total. The van der Waals surface area contributed by atoms with E-state index in [0.717, 1.165) is 24.0 Å². The molecular weight excluding hydrogens is 809 g/mol. The van der Waals surface area contributed by atoms with Gasteiger partial charge in [0.15, 0.2) is 0 Å². The first-order chi connectivity index (χ1) is 29.2. The van der Waals surface area contributed by atoms with Crippen LogP contribution in [0, 0.1) is 5.41 Å². The van der Waals surface area contributed by atoms with Crippen LogP contribution in [0.15, 0.2) is 54.6 Å². The Morgan fingerprint density at radius 1 is 0.790 bits per heavy atom. The van der Waals surface area contributed by atoms with Gasteiger partial charge in [-0.1, -0.05) is 127 Å². The normalized spacial score (nSPS) is 15.2. The number of nitrogens with zero attached hydrogens (tertiary/aromatic N) is 2. The van der Waals surface area contributed by atoms with Gasteiger partial charge in [-0.15, -0.1) is 0 Å². The summed E-state index contributed by atoms with van der Waals surface area (Å²) in [6.45, 7) is 11.2. The highest BCUT2D eigenvalue weighted by Crippen LogP contribution is 2.47. The monoisotopic (exact) mass is 881 g/mol. The number of benzene rings is 2. The fourth-order valence-corrected chi connectivity index (χ4v) is 9.08. The minimum Gasteiger partial charge on any atom is -0.481 e. The maximum atomic E-state index is 13.9. The fraction of sp³-hybridized carbons (Fsp3) is 0.625. The maximum Gasteiger partial charge on any atom is 0.309 e. The molecule has 0 unspecified atom stereocenters. The van der Waals surface area contributed by atoms with E-state index in [-0.39, 0.29) is 31.6 Å². The molecule has 14 heteroatoms. The number of sulfonamides is 1. The van der Waals surface area contributed by atoms with Crippen LogP contribution in [0.2, 0.25) is 0 Å². The highest BCUT2D eigenvalue weighted by molar-refractivity contribution is 7.92. The number of rotatable bonds is 23. The molecule has 2 aromatic rings. The van der Waals surface area contributed by atoms with Crippen molar-refractivity contribution in [1.82, 2.24) is 15.5 Å². The van der Waals surface area contributed by atoms with E-state index in [4.69, 9.17) is 5.11 Å². The average Bonchev–Trinajstić information content (AvgIpc) is 3.55. The Labute approximate surface area is 370 Å². The van der Waals surface area contributed by atoms with Crippen LogP contribution in [-0.2, 0) is 50.6 Å². The van der Waals surface area contributed by atoms with Gasteiger partial charge in [-0.3, -0.25) is 33.1 Å². The first-order valence-electron chi connectivity index (χ1n) is 22.5. The van der Waals surface area contributed by atoms with Crippen LogP contribution in [0.3, 0.4) is 0 Å². The number of aliphatic carboxylic acids is 1. The number of hydrogen-bond acceptors (Lipinski definition) is 8. The molecule has 0 radical (unpaired) electrons. The summed E-state index contributed by atoms with van der Waals surface area (Å²) in [5.74, 6) is -3.65. The number of piperidine rings is 1. The first kappa shape index (κ1) is 51.8. The predicted octanol–water partition coefficient (Wildman–Crippen LogP) is 7.30. The summed E-state index contributed by atoms with van der Waals surface area (Å²) in [5, 5.41) is 14.1. The highest BCUT2D eigenvalue weighted by atomic mass is 32.2. The molecule has 0 aromatic heterocycles. The molecule has 1 fully saturated rings. The molecule has 3 amide bonds. The minimum absolute atomic E-state index is 0.0263. The van der Waals surface area contributed by atoms with Crippen molar-refractivity contribution in [2.45, 2.75) is 161 Å². The number of carboxylic acids is 1. The van der Waals surface area contributed by atoms with Crippen molar-refractivity contribution in [1.29, 1.82) is 0 Å².